The molecule has 4 rings (SSSR count). The third-order valence-electron chi connectivity index (χ3n) is 3.80. The molecular weight excluding hydrogens is 380 g/mol. The smallest absolute Gasteiger partial charge is 0.343 e. The maximum absolute atomic E-state index is 12.4. The van der Waals surface area contributed by atoms with Crippen LogP contribution in [-0.4, -0.2) is 24.9 Å². The van der Waals surface area contributed by atoms with Crippen molar-refractivity contribution >= 4 is 29.4 Å². The Kier molecular flexibility index (Phi) is 5.03. The number of fused-ring (bicyclic) bond motifs is 1. The summed E-state index contributed by atoms with van der Waals surface area (Å²) in [6, 6.07) is 15.2. The molecule has 2 aromatic carbocycles. The molecule has 0 spiro atoms. The standard InChI is InChI=1S/C20H14N2O5S/c23-19(18-5-2-8-28-18)22-21-11-13-3-1-4-15(9-13)27-20(24)14-6-7-16-17(10-14)26-12-25-16/h1-11H,12H2,(H,22,23). The molecule has 0 saturated carbocycles. The van der Waals surface area contributed by atoms with Gasteiger partial charge >= 0.3 is 5.97 Å². The Morgan fingerprint density at radius 3 is 2.82 bits per heavy atom. The first-order chi connectivity index (χ1) is 13.7. The molecule has 0 aliphatic carbocycles. The SMILES string of the molecule is O=C(Oc1cccc(C=NNC(=O)c2cccs2)c1)c1ccc2c(c1)OCO2. The van der Waals surface area contributed by atoms with Crippen LogP contribution in [0.25, 0.3) is 0 Å². The van der Waals surface area contributed by atoms with Crippen LogP contribution in [0, 0.1) is 0 Å². The van der Waals surface area contributed by atoms with Crippen molar-refractivity contribution in [1.82, 2.24) is 5.43 Å². The van der Waals surface area contributed by atoms with E-state index in [0.29, 0.717) is 33.3 Å². The molecule has 1 aliphatic heterocycles. The highest BCUT2D eigenvalue weighted by Crippen LogP contribution is 2.32. The van der Waals surface area contributed by atoms with Gasteiger partial charge in [0.2, 0.25) is 6.79 Å². The molecule has 0 unspecified atom stereocenters. The van der Waals surface area contributed by atoms with Crippen LogP contribution < -0.4 is 19.6 Å². The van der Waals surface area contributed by atoms with Gasteiger partial charge in [0.1, 0.15) is 5.75 Å². The summed E-state index contributed by atoms with van der Waals surface area (Å²) >= 11 is 1.33. The summed E-state index contributed by atoms with van der Waals surface area (Å²) in [5.74, 6) is 0.669. The van der Waals surface area contributed by atoms with E-state index in [0.717, 1.165) is 0 Å². The van der Waals surface area contributed by atoms with E-state index < -0.39 is 5.97 Å². The van der Waals surface area contributed by atoms with Gasteiger partial charge in [-0.1, -0.05) is 18.2 Å². The van der Waals surface area contributed by atoms with Gasteiger partial charge in [-0.05, 0) is 47.3 Å². The molecule has 3 aromatic rings. The van der Waals surface area contributed by atoms with E-state index >= 15 is 0 Å². The van der Waals surface area contributed by atoms with Crippen molar-refractivity contribution < 1.29 is 23.8 Å². The second-order valence-electron chi connectivity index (χ2n) is 5.71. The molecule has 7 nitrogen and oxygen atoms in total. The molecular formula is C20H14N2O5S. The molecule has 8 heteroatoms. The third-order valence-corrected chi connectivity index (χ3v) is 4.67. The molecule has 0 saturated heterocycles. The number of nitrogens with zero attached hydrogens (tertiary/aromatic N) is 1. The van der Waals surface area contributed by atoms with Crippen LogP contribution in [0.15, 0.2) is 65.1 Å². The average Bonchev–Trinajstić information content (AvgIpc) is 3.39. The van der Waals surface area contributed by atoms with E-state index in [1.807, 2.05) is 5.38 Å². The minimum Gasteiger partial charge on any atom is -0.454 e. The maximum Gasteiger partial charge on any atom is 0.343 e. The molecule has 0 bridgehead atoms. The Hall–Kier alpha value is -3.65. The van der Waals surface area contributed by atoms with Gasteiger partial charge in [-0.3, -0.25) is 4.79 Å². The van der Waals surface area contributed by atoms with Gasteiger partial charge in [0.05, 0.1) is 16.7 Å². The van der Waals surface area contributed by atoms with Crippen molar-refractivity contribution in [1.29, 1.82) is 0 Å². The molecule has 0 fully saturated rings. The first-order valence-corrected chi connectivity index (χ1v) is 9.16. The monoisotopic (exact) mass is 394 g/mol. The topological polar surface area (TPSA) is 86.2 Å². The molecule has 0 atom stereocenters. The van der Waals surface area contributed by atoms with Crippen molar-refractivity contribution in [3.8, 4) is 17.2 Å². The fourth-order valence-electron chi connectivity index (χ4n) is 2.48. The van der Waals surface area contributed by atoms with Gasteiger partial charge in [-0.15, -0.1) is 11.3 Å². The number of carbonyl (C=O) groups is 2. The normalized spacial score (nSPS) is 12.1. The molecule has 28 heavy (non-hydrogen) atoms. The summed E-state index contributed by atoms with van der Waals surface area (Å²) in [4.78, 5) is 24.8. The lowest BCUT2D eigenvalue weighted by Gasteiger charge is -2.06. The number of benzene rings is 2. The van der Waals surface area contributed by atoms with E-state index in [-0.39, 0.29) is 12.7 Å². The highest BCUT2D eigenvalue weighted by molar-refractivity contribution is 7.12. The second-order valence-corrected chi connectivity index (χ2v) is 6.65. The largest absolute Gasteiger partial charge is 0.454 e. The number of amides is 1. The van der Waals surface area contributed by atoms with Gasteiger partial charge in [0.15, 0.2) is 11.5 Å². The minimum atomic E-state index is -0.515. The van der Waals surface area contributed by atoms with E-state index in [1.165, 1.54) is 17.6 Å². The number of esters is 1. The van der Waals surface area contributed by atoms with E-state index in [1.54, 1.807) is 54.6 Å². The molecule has 2 heterocycles. The fourth-order valence-corrected chi connectivity index (χ4v) is 3.09. The number of nitrogens with one attached hydrogen (secondary N) is 1. The highest BCUT2D eigenvalue weighted by Gasteiger charge is 2.17. The van der Waals surface area contributed by atoms with Gasteiger partial charge in [0.25, 0.3) is 5.91 Å². The second kappa shape index (κ2) is 7.93. The lowest BCUT2D eigenvalue weighted by Crippen LogP contribution is -2.16. The predicted octanol–water partition coefficient (Wildman–Crippen LogP) is 3.46. The van der Waals surface area contributed by atoms with Crippen molar-refractivity contribution in [2.75, 3.05) is 6.79 Å². The van der Waals surface area contributed by atoms with Crippen LogP contribution in [0.5, 0.6) is 17.2 Å². The average molecular weight is 394 g/mol. The van der Waals surface area contributed by atoms with Gasteiger partial charge < -0.3 is 14.2 Å². The van der Waals surface area contributed by atoms with E-state index in [2.05, 4.69) is 10.5 Å². The highest BCUT2D eigenvalue weighted by atomic mass is 32.1. The van der Waals surface area contributed by atoms with Crippen LogP contribution in [0.3, 0.4) is 0 Å². The minimum absolute atomic E-state index is 0.137. The van der Waals surface area contributed by atoms with Crippen LogP contribution in [-0.2, 0) is 0 Å². The number of ether oxygens (including phenoxy) is 3. The summed E-state index contributed by atoms with van der Waals surface area (Å²) in [6.07, 6.45) is 1.48. The Morgan fingerprint density at radius 2 is 1.96 bits per heavy atom. The van der Waals surface area contributed by atoms with Gasteiger partial charge in [0, 0.05) is 0 Å². The Balaban J connectivity index is 1.40. The number of thiophene rings is 1. The van der Waals surface area contributed by atoms with E-state index in [9.17, 15) is 9.59 Å². The molecule has 0 radical (unpaired) electrons. The Morgan fingerprint density at radius 1 is 1.07 bits per heavy atom. The number of hydrogen-bond donors (Lipinski definition) is 1. The first kappa shape index (κ1) is 17.7. The van der Waals surface area contributed by atoms with Crippen LogP contribution in [0.4, 0.5) is 0 Å². The summed E-state index contributed by atoms with van der Waals surface area (Å²) in [5.41, 5.74) is 3.47. The number of carbonyl (C=O) groups excluding carboxylic acids is 2. The number of rotatable bonds is 5. The van der Waals surface area contributed by atoms with Gasteiger partial charge in [-0.2, -0.15) is 5.10 Å². The predicted molar refractivity (Wildman–Crippen MR) is 103 cm³/mol. The first-order valence-electron chi connectivity index (χ1n) is 8.28. The lowest BCUT2D eigenvalue weighted by molar-refractivity contribution is 0.0734. The molecule has 1 aromatic heterocycles. The van der Waals surface area contributed by atoms with Crippen LogP contribution in [0.1, 0.15) is 25.6 Å². The van der Waals surface area contributed by atoms with Crippen LogP contribution in [0.2, 0.25) is 0 Å². The molecule has 1 aliphatic rings. The Bertz CT molecular complexity index is 1050. The Labute approximate surface area is 164 Å². The zero-order valence-corrected chi connectivity index (χ0v) is 15.3. The van der Waals surface area contributed by atoms with Gasteiger partial charge in [-0.25, -0.2) is 10.2 Å². The number of hydrazone groups is 1. The van der Waals surface area contributed by atoms with Crippen molar-refractivity contribution in [2.45, 2.75) is 0 Å². The molecule has 1 amide bonds. The summed E-state index contributed by atoms with van der Waals surface area (Å²) in [6.45, 7) is 0.137. The van der Waals surface area contributed by atoms with E-state index in [4.69, 9.17) is 14.2 Å². The van der Waals surface area contributed by atoms with Crippen molar-refractivity contribution in [3.05, 3.63) is 76.0 Å². The summed E-state index contributed by atoms with van der Waals surface area (Å²) in [5, 5.41) is 5.74. The lowest BCUT2D eigenvalue weighted by atomic mass is 10.2. The van der Waals surface area contributed by atoms with Crippen LogP contribution >= 0.6 is 11.3 Å². The quantitative estimate of drug-likeness (QED) is 0.310. The molecule has 140 valence electrons. The van der Waals surface area contributed by atoms with Crippen molar-refractivity contribution in [3.63, 3.8) is 0 Å². The number of hydrogen-bond acceptors (Lipinski definition) is 7. The third kappa shape index (κ3) is 4.02. The zero-order valence-electron chi connectivity index (χ0n) is 14.5. The fraction of sp³-hybridized carbons (Fsp3) is 0.0500. The summed E-state index contributed by atoms with van der Waals surface area (Å²) in [7, 11) is 0. The maximum atomic E-state index is 12.4. The summed E-state index contributed by atoms with van der Waals surface area (Å²) < 4.78 is 15.9. The zero-order chi connectivity index (χ0) is 19.3. The van der Waals surface area contributed by atoms with Crippen molar-refractivity contribution in [2.24, 2.45) is 5.10 Å². The molecule has 1 N–H and O–H groups in total.